The Morgan fingerprint density at radius 1 is 1.12 bits per heavy atom. The van der Waals surface area contributed by atoms with E-state index in [0.29, 0.717) is 10.6 Å². The van der Waals surface area contributed by atoms with E-state index in [4.69, 9.17) is 5.10 Å². The number of aromatic nitrogens is 2. The van der Waals surface area contributed by atoms with Crippen LogP contribution in [0.5, 0.6) is 0 Å². The minimum Gasteiger partial charge on any atom is -0.329 e. The summed E-state index contributed by atoms with van der Waals surface area (Å²) < 4.78 is 2.90. The van der Waals surface area contributed by atoms with E-state index in [1.807, 2.05) is 22.9 Å². The number of rotatable bonds is 3. The second-order valence-corrected chi connectivity index (χ2v) is 9.60. The average Bonchev–Trinajstić information content (AvgIpc) is 3.56. The molecule has 32 heavy (non-hydrogen) atoms. The maximum absolute atomic E-state index is 13.0. The van der Waals surface area contributed by atoms with Crippen LogP contribution in [0.2, 0.25) is 0 Å². The van der Waals surface area contributed by atoms with E-state index >= 15 is 0 Å². The van der Waals surface area contributed by atoms with Gasteiger partial charge in [0.1, 0.15) is 12.7 Å². The highest BCUT2D eigenvalue weighted by Crippen LogP contribution is 2.40. The summed E-state index contributed by atoms with van der Waals surface area (Å²) in [7, 11) is 0. The Balaban J connectivity index is 0.00000122. The lowest BCUT2D eigenvalue weighted by Gasteiger charge is -2.43. The van der Waals surface area contributed by atoms with E-state index in [1.165, 1.54) is 16.6 Å². The first-order valence-corrected chi connectivity index (χ1v) is 11.9. The lowest BCUT2D eigenvalue weighted by atomic mass is 10.1. The van der Waals surface area contributed by atoms with Crippen LogP contribution in [-0.4, -0.2) is 68.0 Å². The lowest BCUT2D eigenvalue weighted by Crippen LogP contribution is -2.56. The molecule has 170 valence electrons. The molecular weight excluding hydrogens is 465 g/mol. The second-order valence-electron chi connectivity index (χ2n) is 8.53. The number of nitrogens with zero attached hydrogens (tertiary/aromatic N) is 5. The second kappa shape index (κ2) is 9.23. The standard InChI is InChI=1S/C23H26N5OS.2ClH/c29-23(25-11-13-30-17-25)19-14-21-5-3-12-28(21,16-19)26-9-7-20(8-10-26)27-22-6-2-1-4-18(22)15-24-27;;/h1-6,12,14-15,20H,7-11,13,16-17H2;2*1H/q+1;;/t28-;;/m1../s1. The Bertz CT molecular complexity index is 1100. The van der Waals surface area contributed by atoms with Crippen molar-refractivity contribution in [2.75, 3.05) is 37.8 Å². The molecule has 4 aliphatic heterocycles. The number of amides is 1. The fourth-order valence-corrected chi connectivity index (χ4v) is 6.23. The number of carbonyl (C=O) groups excluding carboxylic acids is 1. The number of thioether (sulfide) groups is 1. The Morgan fingerprint density at radius 3 is 2.72 bits per heavy atom. The van der Waals surface area contributed by atoms with Crippen LogP contribution in [0.3, 0.4) is 0 Å². The zero-order valence-electron chi connectivity index (χ0n) is 17.8. The van der Waals surface area contributed by atoms with Crippen LogP contribution in [-0.2, 0) is 4.79 Å². The molecule has 2 aromatic rings. The number of para-hydroxylation sites is 1. The topological polar surface area (TPSA) is 41.4 Å². The number of benzene rings is 1. The summed E-state index contributed by atoms with van der Waals surface area (Å²) in [5, 5.41) is 8.44. The molecule has 1 atom stereocenters. The Labute approximate surface area is 205 Å². The molecule has 2 saturated heterocycles. The van der Waals surface area contributed by atoms with Crippen molar-refractivity contribution in [1.29, 1.82) is 0 Å². The summed E-state index contributed by atoms with van der Waals surface area (Å²) in [6, 6.07) is 8.89. The zero-order valence-corrected chi connectivity index (χ0v) is 20.2. The molecule has 5 heterocycles. The molecule has 0 unspecified atom stereocenters. The van der Waals surface area contributed by atoms with E-state index in [0.717, 1.165) is 56.2 Å². The molecule has 1 amide bonds. The van der Waals surface area contributed by atoms with Crippen LogP contribution in [0.15, 0.2) is 66.2 Å². The van der Waals surface area contributed by atoms with Crippen LogP contribution in [0.1, 0.15) is 18.9 Å². The van der Waals surface area contributed by atoms with Crippen molar-refractivity contribution in [2.24, 2.45) is 0 Å². The van der Waals surface area contributed by atoms with Crippen LogP contribution >= 0.6 is 36.6 Å². The molecule has 1 aromatic heterocycles. The largest absolute Gasteiger partial charge is 0.329 e. The summed E-state index contributed by atoms with van der Waals surface area (Å²) in [6.07, 6.45) is 12.8. The molecule has 6 nitrogen and oxygen atoms in total. The highest BCUT2D eigenvalue weighted by atomic mass is 35.5. The van der Waals surface area contributed by atoms with Crippen molar-refractivity contribution in [3.05, 3.63) is 66.2 Å². The molecule has 4 aliphatic rings. The number of hydrogen-bond donors (Lipinski definition) is 0. The van der Waals surface area contributed by atoms with Gasteiger partial charge in [-0.25, -0.2) is 0 Å². The van der Waals surface area contributed by atoms with Gasteiger partial charge in [0.25, 0.3) is 5.91 Å². The van der Waals surface area contributed by atoms with Gasteiger partial charge < -0.3 is 4.90 Å². The van der Waals surface area contributed by atoms with Crippen LogP contribution < -0.4 is 0 Å². The molecule has 0 aliphatic carbocycles. The van der Waals surface area contributed by atoms with Gasteiger partial charge in [-0.1, -0.05) is 18.2 Å². The third-order valence-electron chi connectivity index (χ3n) is 6.89. The maximum Gasteiger partial charge on any atom is 0.256 e. The number of carbonyl (C=O) groups is 1. The molecule has 0 saturated carbocycles. The molecule has 6 rings (SSSR count). The highest BCUT2D eigenvalue weighted by molar-refractivity contribution is 7.99. The van der Waals surface area contributed by atoms with Crippen molar-refractivity contribution in [2.45, 2.75) is 18.9 Å². The minimum atomic E-state index is 0. The molecule has 0 bridgehead atoms. The normalized spacial score (nSPS) is 25.3. The number of hydrogen-bond acceptors (Lipinski definition) is 4. The summed E-state index contributed by atoms with van der Waals surface area (Å²) in [5.74, 6) is 2.10. The third-order valence-corrected chi connectivity index (χ3v) is 7.86. The SMILES string of the molecule is Cl.Cl.O=C(C1=CC2=CC=C[N@@+]2(N2CCC(n3ncc4ccccc43)CC2)C1)N1CCSC1. The van der Waals surface area contributed by atoms with E-state index in [9.17, 15) is 4.79 Å². The first kappa shape index (κ1) is 23.4. The number of fused-ring (bicyclic) bond motifs is 2. The van der Waals surface area contributed by atoms with Gasteiger partial charge in [-0.15, -0.1) is 41.6 Å². The molecule has 1 aromatic carbocycles. The van der Waals surface area contributed by atoms with Crippen LogP contribution in [0, 0.1) is 0 Å². The van der Waals surface area contributed by atoms with Crippen molar-refractivity contribution in [1.82, 2.24) is 19.7 Å². The smallest absolute Gasteiger partial charge is 0.256 e. The fraction of sp³-hybridized carbons (Fsp3) is 0.391. The van der Waals surface area contributed by atoms with Crippen molar-refractivity contribution >= 4 is 53.4 Å². The Kier molecular flexibility index (Phi) is 6.75. The van der Waals surface area contributed by atoms with Crippen LogP contribution in [0.25, 0.3) is 10.9 Å². The third kappa shape index (κ3) is 3.70. The number of quaternary nitrogens is 1. The molecular formula is C23H28Cl2N5OS+. The minimum absolute atomic E-state index is 0. The van der Waals surface area contributed by atoms with Gasteiger partial charge in [0.05, 0.1) is 42.3 Å². The van der Waals surface area contributed by atoms with E-state index in [2.05, 4.69) is 58.4 Å². The van der Waals surface area contributed by atoms with E-state index < -0.39 is 0 Å². The molecule has 0 N–H and O–H groups in total. The summed E-state index contributed by atoms with van der Waals surface area (Å²) >= 11 is 1.84. The highest BCUT2D eigenvalue weighted by Gasteiger charge is 2.48. The quantitative estimate of drug-likeness (QED) is 0.603. The first-order chi connectivity index (χ1) is 14.7. The van der Waals surface area contributed by atoms with Crippen LogP contribution in [0.4, 0.5) is 0 Å². The van der Waals surface area contributed by atoms with Crippen molar-refractivity contribution < 1.29 is 9.39 Å². The van der Waals surface area contributed by atoms with Gasteiger partial charge >= 0.3 is 0 Å². The first-order valence-electron chi connectivity index (χ1n) is 10.8. The van der Waals surface area contributed by atoms with Crippen molar-refractivity contribution in [3.8, 4) is 0 Å². The van der Waals surface area contributed by atoms with Gasteiger partial charge in [0, 0.05) is 29.8 Å². The van der Waals surface area contributed by atoms with Crippen molar-refractivity contribution in [3.63, 3.8) is 0 Å². The van der Waals surface area contributed by atoms with Gasteiger partial charge in [-0.2, -0.15) is 9.69 Å². The number of piperidine rings is 1. The monoisotopic (exact) mass is 492 g/mol. The van der Waals surface area contributed by atoms with Gasteiger partial charge in [-0.3, -0.25) is 9.48 Å². The zero-order chi connectivity index (χ0) is 20.1. The fourth-order valence-electron chi connectivity index (χ4n) is 5.29. The number of allylic oxidation sites excluding steroid dienone is 3. The molecule has 9 heteroatoms. The summed E-state index contributed by atoms with van der Waals surface area (Å²) in [4.78, 5) is 15.0. The molecule has 2 fully saturated rings. The summed E-state index contributed by atoms with van der Waals surface area (Å²) in [6.45, 7) is 3.61. The maximum atomic E-state index is 13.0. The Hall–Kier alpha value is -1.77. The predicted octanol–water partition coefficient (Wildman–Crippen LogP) is 4.13. The Morgan fingerprint density at radius 2 is 1.94 bits per heavy atom. The molecule has 0 spiro atoms. The van der Waals surface area contributed by atoms with E-state index in [-0.39, 0.29) is 30.7 Å². The lowest BCUT2D eigenvalue weighted by molar-refractivity contribution is -0.949. The molecule has 0 radical (unpaired) electrons. The predicted molar refractivity (Wildman–Crippen MR) is 134 cm³/mol. The number of halogens is 2. The van der Waals surface area contributed by atoms with Gasteiger partial charge in [-0.05, 0) is 25.0 Å². The summed E-state index contributed by atoms with van der Waals surface area (Å²) in [5.41, 5.74) is 3.41. The average molecular weight is 493 g/mol. The van der Waals surface area contributed by atoms with E-state index in [1.54, 1.807) is 0 Å². The van der Waals surface area contributed by atoms with Gasteiger partial charge in [0.2, 0.25) is 0 Å². The van der Waals surface area contributed by atoms with Gasteiger partial charge in [0.15, 0.2) is 5.70 Å².